The average Bonchev–Trinajstić information content (AvgIpc) is 2.64. The van der Waals surface area contributed by atoms with E-state index in [0.29, 0.717) is 32.3 Å². The molecule has 3 aromatic rings. The summed E-state index contributed by atoms with van der Waals surface area (Å²) in [5.41, 5.74) is 6.52. The number of nitrogens with two attached hydrogens (primary N) is 1. The lowest BCUT2D eigenvalue weighted by Gasteiger charge is -2.17. The van der Waals surface area contributed by atoms with Crippen LogP contribution >= 0.6 is 23.4 Å². The lowest BCUT2D eigenvalue weighted by atomic mass is 10.2. The molecule has 1 aromatic heterocycles. The van der Waals surface area contributed by atoms with Gasteiger partial charge >= 0.3 is 6.03 Å². The third kappa shape index (κ3) is 3.88. The Kier molecular flexibility index (Phi) is 5.71. The quantitative estimate of drug-likeness (QED) is 0.502. The van der Waals surface area contributed by atoms with Crippen LogP contribution in [-0.2, 0) is 4.79 Å². The van der Waals surface area contributed by atoms with Crippen molar-refractivity contribution in [2.24, 2.45) is 5.73 Å². The second-order valence-corrected chi connectivity index (χ2v) is 7.76. The predicted octanol–water partition coefficient (Wildman–Crippen LogP) is 3.02. The highest BCUT2D eigenvalue weighted by molar-refractivity contribution is 8.00. The van der Waals surface area contributed by atoms with Crippen LogP contribution in [0.4, 0.5) is 4.79 Å². The molecule has 3 amide bonds. The molecule has 0 saturated carbocycles. The molecule has 1 atom stereocenters. The summed E-state index contributed by atoms with van der Waals surface area (Å²) < 4.78 is 1.43. The second-order valence-electron chi connectivity index (χ2n) is 6.05. The number of aromatic nitrogens is 2. The van der Waals surface area contributed by atoms with Gasteiger partial charge in [-0.15, -0.1) is 0 Å². The minimum atomic E-state index is -0.938. The van der Waals surface area contributed by atoms with Gasteiger partial charge in [-0.2, -0.15) is 0 Å². The van der Waals surface area contributed by atoms with E-state index in [-0.39, 0.29) is 5.56 Å². The zero-order valence-corrected chi connectivity index (χ0v) is 16.7. The van der Waals surface area contributed by atoms with Crippen molar-refractivity contribution >= 4 is 46.2 Å². The minimum Gasteiger partial charge on any atom is -0.351 e. The van der Waals surface area contributed by atoms with Crippen LogP contribution in [-0.4, -0.2) is 26.7 Å². The number of urea groups is 1. The van der Waals surface area contributed by atoms with Crippen molar-refractivity contribution in [1.82, 2.24) is 14.9 Å². The molecule has 3 N–H and O–H groups in total. The second kappa shape index (κ2) is 8.04. The first-order valence-electron chi connectivity index (χ1n) is 8.34. The van der Waals surface area contributed by atoms with Crippen molar-refractivity contribution < 1.29 is 9.59 Å². The molecule has 0 aliphatic carbocycles. The topological polar surface area (TPSA) is 107 Å². The van der Waals surface area contributed by atoms with Crippen LogP contribution in [0.25, 0.3) is 16.6 Å². The van der Waals surface area contributed by atoms with E-state index < -0.39 is 17.2 Å². The molecule has 28 heavy (non-hydrogen) atoms. The third-order valence-corrected chi connectivity index (χ3v) is 5.58. The van der Waals surface area contributed by atoms with E-state index in [1.165, 1.54) is 4.57 Å². The Balaban J connectivity index is 2.20. The van der Waals surface area contributed by atoms with E-state index in [9.17, 15) is 14.4 Å². The number of nitrogens with zero attached hydrogens (tertiary/aromatic N) is 2. The van der Waals surface area contributed by atoms with Gasteiger partial charge in [0.15, 0.2) is 5.16 Å². The number of carbonyl (C=O) groups is 2. The maximum absolute atomic E-state index is 13.2. The molecule has 9 heteroatoms. The molecule has 0 aliphatic heterocycles. The largest absolute Gasteiger partial charge is 0.351 e. The van der Waals surface area contributed by atoms with Crippen molar-refractivity contribution in [1.29, 1.82) is 0 Å². The SMILES string of the molecule is Cc1c(Cl)cccc1-n1c(S[C@H](C)C(=O)NC(N)=O)nc2ccccc2c1=O. The maximum Gasteiger partial charge on any atom is 0.318 e. The number of rotatable bonds is 4. The number of amides is 3. The van der Waals surface area contributed by atoms with Gasteiger partial charge in [0.25, 0.3) is 5.56 Å². The summed E-state index contributed by atoms with van der Waals surface area (Å²) >= 11 is 7.29. The molecule has 0 bridgehead atoms. The molecule has 1 heterocycles. The fraction of sp³-hybridized carbons (Fsp3) is 0.158. The highest BCUT2D eigenvalue weighted by atomic mass is 35.5. The van der Waals surface area contributed by atoms with Crippen molar-refractivity contribution in [3.63, 3.8) is 0 Å². The molecule has 0 aliphatic rings. The summed E-state index contributed by atoms with van der Waals surface area (Å²) in [7, 11) is 0. The molecule has 0 fully saturated rings. The first kappa shape index (κ1) is 19.9. The molecule has 0 unspecified atom stereocenters. The van der Waals surface area contributed by atoms with Crippen LogP contribution in [0.1, 0.15) is 12.5 Å². The van der Waals surface area contributed by atoms with Crippen molar-refractivity contribution in [3.05, 3.63) is 63.4 Å². The van der Waals surface area contributed by atoms with E-state index in [2.05, 4.69) is 4.98 Å². The van der Waals surface area contributed by atoms with Gasteiger partial charge in [0.2, 0.25) is 5.91 Å². The van der Waals surface area contributed by atoms with Gasteiger partial charge in [0.1, 0.15) is 0 Å². The Labute approximate surface area is 169 Å². The Hall–Kier alpha value is -2.84. The Morgan fingerprint density at radius 1 is 1.21 bits per heavy atom. The predicted molar refractivity (Wildman–Crippen MR) is 110 cm³/mol. The first-order chi connectivity index (χ1) is 13.3. The molecule has 144 valence electrons. The van der Waals surface area contributed by atoms with Crippen molar-refractivity contribution in [3.8, 4) is 5.69 Å². The number of thioether (sulfide) groups is 1. The number of halogens is 1. The summed E-state index contributed by atoms with van der Waals surface area (Å²) in [6, 6.07) is 11.3. The van der Waals surface area contributed by atoms with Gasteiger partial charge in [-0.25, -0.2) is 9.78 Å². The molecule has 2 aromatic carbocycles. The van der Waals surface area contributed by atoms with E-state index >= 15 is 0 Å². The molecule has 3 rings (SSSR count). The summed E-state index contributed by atoms with van der Waals surface area (Å²) in [6.45, 7) is 3.40. The number of imide groups is 1. The summed E-state index contributed by atoms with van der Waals surface area (Å²) in [4.78, 5) is 40.9. The fourth-order valence-corrected chi connectivity index (χ4v) is 3.77. The first-order valence-corrected chi connectivity index (χ1v) is 9.59. The third-order valence-electron chi connectivity index (χ3n) is 4.12. The lowest BCUT2D eigenvalue weighted by molar-refractivity contribution is -0.119. The average molecular weight is 417 g/mol. The zero-order chi connectivity index (χ0) is 20.4. The Morgan fingerprint density at radius 3 is 2.64 bits per heavy atom. The van der Waals surface area contributed by atoms with Crippen LogP contribution in [0, 0.1) is 6.92 Å². The number of hydrogen-bond donors (Lipinski definition) is 2. The van der Waals surface area contributed by atoms with Crippen LogP contribution in [0.15, 0.2) is 52.4 Å². The van der Waals surface area contributed by atoms with Crippen LogP contribution in [0.5, 0.6) is 0 Å². The molecule has 0 radical (unpaired) electrons. The number of nitrogens with one attached hydrogen (secondary N) is 1. The van der Waals surface area contributed by atoms with Crippen molar-refractivity contribution in [2.45, 2.75) is 24.3 Å². The number of fused-ring (bicyclic) bond motifs is 1. The highest BCUT2D eigenvalue weighted by Gasteiger charge is 2.22. The van der Waals surface area contributed by atoms with E-state index in [1.807, 2.05) is 5.32 Å². The van der Waals surface area contributed by atoms with Gasteiger partial charge in [-0.3, -0.25) is 19.5 Å². The number of hydrogen-bond acceptors (Lipinski definition) is 5. The maximum atomic E-state index is 13.2. The van der Waals surface area contributed by atoms with E-state index in [1.54, 1.807) is 56.3 Å². The van der Waals surface area contributed by atoms with Crippen LogP contribution < -0.4 is 16.6 Å². The van der Waals surface area contributed by atoms with Crippen LogP contribution in [0.3, 0.4) is 0 Å². The van der Waals surface area contributed by atoms with Crippen molar-refractivity contribution in [2.75, 3.05) is 0 Å². The molecular weight excluding hydrogens is 400 g/mol. The smallest absolute Gasteiger partial charge is 0.318 e. The fourth-order valence-electron chi connectivity index (χ4n) is 2.68. The molecule has 7 nitrogen and oxygen atoms in total. The standard InChI is InChI=1S/C19H17ClN4O3S/c1-10-13(20)7-5-9-15(10)24-17(26)12-6-3-4-8-14(12)22-19(24)28-11(2)16(25)23-18(21)27/h3-9,11H,1-2H3,(H3,21,23,25,27)/t11-/m1/s1. The summed E-state index contributed by atoms with van der Waals surface area (Å²) in [5, 5.41) is 2.58. The van der Waals surface area contributed by atoms with Gasteiger partial charge < -0.3 is 5.73 Å². The minimum absolute atomic E-state index is 0.277. The normalized spacial score (nSPS) is 12.0. The van der Waals surface area contributed by atoms with Gasteiger partial charge in [0.05, 0.1) is 21.8 Å². The summed E-state index contributed by atoms with van der Waals surface area (Å²) in [5.74, 6) is -0.575. The zero-order valence-electron chi connectivity index (χ0n) is 15.1. The number of para-hydroxylation sites is 1. The number of carbonyl (C=O) groups excluding carboxylic acids is 2. The highest BCUT2D eigenvalue weighted by Crippen LogP contribution is 2.28. The molecular formula is C19H17ClN4O3S. The molecule has 0 spiro atoms. The van der Waals surface area contributed by atoms with Gasteiger partial charge in [-0.1, -0.05) is 41.6 Å². The molecule has 0 saturated heterocycles. The van der Waals surface area contributed by atoms with E-state index in [4.69, 9.17) is 17.3 Å². The lowest BCUT2D eigenvalue weighted by Crippen LogP contribution is -2.39. The van der Waals surface area contributed by atoms with Gasteiger partial charge in [-0.05, 0) is 43.7 Å². The number of benzene rings is 2. The summed E-state index contributed by atoms with van der Waals surface area (Å²) in [6.07, 6.45) is 0. The Morgan fingerprint density at radius 2 is 1.93 bits per heavy atom. The Bertz CT molecular complexity index is 1150. The number of primary amides is 1. The van der Waals surface area contributed by atoms with Crippen LogP contribution in [0.2, 0.25) is 5.02 Å². The van der Waals surface area contributed by atoms with E-state index in [0.717, 1.165) is 11.8 Å². The monoisotopic (exact) mass is 416 g/mol. The van der Waals surface area contributed by atoms with Gasteiger partial charge in [0, 0.05) is 5.02 Å².